The monoisotopic (exact) mass is 189 g/mol. The van der Waals surface area contributed by atoms with Gasteiger partial charge in [-0.2, -0.15) is 0 Å². The lowest BCUT2D eigenvalue weighted by atomic mass is 10.4. The molecule has 0 spiro atoms. The van der Waals surface area contributed by atoms with E-state index in [0.717, 1.165) is 13.0 Å². The zero-order valence-corrected chi connectivity index (χ0v) is 9.30. The minimum atomic E-state index is 0.288. The number of carbonyl (C=O) groups excluding carboxylic acids is 1. The Hall–Kier alpha value is -0.570. The first kappa shape index (κ1) is 14.9. The third-order valence-corrected chi connectivity index (χ3v) is 1.000. The number of hydrogen-bond acceptors (Lipinski definition) is 2. The van der Waals surface area contributed by atoms with Crippen LogP contribution in [0.3, 0.4) is 0 Å². The zero-order chi connectivity index (χ0) is 10.5. The van der Waals surface area contributed by atoms with Crippen molar-refractivity contribution in [2.24, 2.45) is 0 Å². The average Bonchev–Trinajstić information content (AvgIpc) is 2.05. The number of hydrogen-bond donors (Lipinski definition) is 1. The molecule has 1 N–H and O–H groups in total. The van der Waals surface area contributed by atoms with Gasteiger partial charge in [-0.25, -0.2) is 0 Å². The lowest BCUT2D eigenvalue weighted by molar-refractivity contribution is -0.109. The maximum absolute atomic E-state index is 9.75. The van der Waals surface area contributed by atoms with Gasteiger partial charge in [-0.15, -0.1) is 0 Å². The molecule has 0 aromatic heterocycles. The number of rotatable bonds is 6. The van der Waals surface area contributed by atoms with E-state index < -0.39 is 0 Å². The average molecular weight is 189 g/mol. The Labute approximate surface area is 81.9 Å². The summed E-state index contributed by atoms with van der Waals surface area (Å²) in [6.45, 7) is 9.66. The highest BCUT2D eigenvalue weighted by molar-refractivity contribution is 5.45. The van der Waals surface area contributed by atoms with Crippen LogP contribution >= 0.6 is 0 Å². The van der Waals surface area contributed by atoms with Gasteiger partial charge in [0.25, 0.3) is 0 Å². The maximum atomic E-state index is 9.75. The Morgan fingerprint density at radius 2 is 1.92 bits per heavy atom. The highest BCUT2D eigenvalue weighted by atomic mass is 16.5. The van der Waals surface area contributed by atoms with Gasteiger partial charge in [-0.05, 0) is 20.3 Å². The highest BCUT2D eigenvalue weighted by Crippen LogP contribution is 1.88. The molecular weight excluding hydrogens is 166 g/mol. The summed E-state index contributed by atoms with van der Waals surface area (Å²) in [5.41, 5.74) is 0. The number of nitrogens with one attached hydrogen (secondary N) is 1. The molecule has 3 nitrogen and oxygen atoms in total. The molecular formula is C10H23NO2. The van der Waals surface area contributed by atoms with E-state index in [1.165, 1.54) is 6.42 Å². The third kappa shape index (κ3) is 24.6. The maximum Gasteiger partial charge on any atom is 0.207 e. The summed E-state index contributed by atoms with van der Waals surface area (Å²) in [5.74, 6) is 0. The molecule has 0 heterocycles. The fourth-order valence-corrected chi connectivity index (χ4v) is 0.552. The Morgan fingerprint density at radius 1 is 1.38 bits per heavy atom. The summed E-state index contributed by atoms with van der Waals surface area (Å²) >= 11 is 0. The lowest BCUT2D eigenvalue weighted by Gasteiger charge is -2.05. The summed E-state index contributed by atoms with van der Waals surface area (Å²) in [4.78, 5) is 9.75. The van der Waals surface area contributed by atoms with Crippen molar-refractivity contribution in [3.05, 3.63) is 0 Å². The second-order valence-corrected chi connectivity index (χ2v) is 3.05. The lowest BCUT2D eigenvalue weighted by Crippen LogP contribution is -2.15. The van der Waals surface area contributed by atoms with Gasteiger partial charge in [0.1, 0.15) is 0 Å². The standard InChI is InChI=1S/C7H15NO2.C3H8/c1-7(2)10-5-3-4-8-6-9;1-3-2/h6-7H,3-5H2,1-2H3,(H,8,9);3H2,1-2H3. The van der Waals surface area contributed by atoms with Crippen LogP contribution in [0.25, 0.3) is 0 Å². The molecule has 0 aliphatic heterocycles. The van der Waals surface area contributed by atoms with Crippen LogP contribution in [0.1, 0.15) is 40.5 Å². The number of amides is 1. The normalized spacial score (nSPS) is 9.00. The van der Waals surface area contributed by atoms with E-state index in [2.05, 4.69) is 19.2 Å². The van der Waals surface area contributed by atoms with Gasteiger partial charge in [0.15, 0.2) is 0 Å². The summed E-state index contributed by atoms with van der Waals surface area (Å²) in [7, 11) is 0. The molecule has 0 aromatic carbocycles. The Kier molecular flexibility index (Phi) is 16.1. The van der Waals surface area contributed by atoms with Crippen LogP contribution < -0.4 is 5.32 Å². The van der Waals surface area contributed by atoms with E-state index in [1.807, 2.05) is 13.8 Å². The summed E-state index contributed by atoms with van der Waals surface area (Å²) in [5, 5.41) is 2.56. The van der Waals surface area contributed by atoms with E-state index in [1.54, 1.807) is 0 Å². The first-order valence-corrected chi connectivity index (χ1v) is 4.97. The predicted molar refractivity (Wildman–Crippen MR) is 55.7 cm³/mol. The Bertz CT molecular complexity index is 94.9. The molecule has 0 aliphatic rings. The third-order valence-electron chi connectivity index (χ3n) is 1.000. The van der Waals surface area contributed by atoms with Crippen LogP contribution in [-0.2, 0) is 9.53 Å². The van der Waals surface area contributed by atoms with Crippen molar-refractivity contribution in [1.29, 1.82) is 0 Å². The Morgan fingerprint density at radius 3 is 2.31 bits per heavy atom. The molecule has 0 aliphatic carbocycles. The van der Waals surface area contributed by atoms with Crippen LogP contribution in [-0.4, -0.2) is 25.7 Å². The van der Waals surface area contributed by atoms with E-state index in [4.69, 9.17) is 4.74 Å². The highest BCUT2D eigenvalue weighted by Gasteiger charge is 1.91. The van der Waals surface area contributed by atoms with Gasteiger partial charge < -0.3 is 10.1 Å². The molecule has 0 fully saturated rings. The van der Waals surface area contributed by atoms with Gasteiger partial charge in [0.05, 0.1) is 6.10 Å². The SMILES string of the molecule is CC(C)OCCCNC=O.CCC. The first-order valence-electron chi connectivity index (χ1n) is 4.97. The molecule has 0 aromatic rings. The quantitative estimate of drug-likeness (QED) is 0.512. The largest absolute Gasteiger partial charge is 0.379 e. The van der Waals surface area contributed by atoms with Gasteiger partial charge >= 0.3 is 0 Å². The van der Waals surface area contributed by atoms with E-state index in [9.17, 15) is 4.79 Å². The molecule has 13 heavy (non-hydrogen) atoms. The fraction of sp³-hybridized carbons (Fsp3) is 0.900. The van der Waals surface area contributed by atoms with E-state index in [0.29, 0.717) is 13.0 Å². The van der Waals surface area contributed by atoms with Crippen molar-refractivity contribution < 1.29 is 9.53 Å². The molecule has 0 saturated carbocycles. The van der Waals surface area contributed by atoms with Crippen molar-refractivity contribution in [2.45, 2.75) is 46.6 Å². The molecule has 1 amide bonds. The summed E-state index contributed by atoms with van der Waals surface area (Å²) < 4.78 is 5.23. The minimum absolute atomic E-state index is 0.288. The van der Waals surface area contributed by atoms with Crippen molar-refractivity contribution >= 4 is 6.41 Å². The van der Waals surface area contributed by atoms with Gasteiger partial charge in [0, 0.05) is 13.2 Å². The molecule has 0 saturated heterocycles. The smallest absolute Gasteiger partial charge is 0.207 e. The second kappa shape index (κ2) is 14.0. The summed E-state index contributed by atoms with van der Waals surface area (Å²) in [6, 6.07) is 0. The van der Waals surface area contributed by atoms with Crippen LogP contribution in [0.15, 0.2) is 0 Å². The van der Waals surface area contributed by atoms with Crippen LogP contribution in [0.2, 0.25) is 0 Å². The first-order chi connectivity index (χ1) is 6.18. The van der Waals surface area contributed by atoms with Crippen LogP contribution in [0, 0.1) is 0 Å². The molecule has 80 valence electrons. The van der Waals surface area contributed by atoms with Crippen molar-refractivity contribution in [3.8, 4) is 0 Å². The molecule has 0 rings (SSSR count). The molecule has 0 unspecified atom stereocenters. The zero-order valence-electron chi connectivity index (χ0n) is 9.30. The van der Waals surface area contributed by atoms with Crippen molar-refractivity contribution in [2.75, 3.05) is 13.2 Å². The molecule has 0 radical (unpaired) electrons. The molecule has 3 heteroatoms. The fourth-order valence-electron chi connectivity index (χ4n) is 0.552. The van der Waals surface area contributed by atoms with Crippen molar-refractivity contribution in [1.82, 2.24) is 5.32 Å². The number of carbonyl (C=O) groups is 1. The van der Waals surface area contributed by atoms with E-state index >= 15 is 0 Å². The van der Waals surface area contributed by atoms with E-state index in [-0.39, 0.29) is 6.10 Å². The molecule has 0 atom stereocenters. The molecule has 0 bridgehead atoms. The minimum Gasteiger partial charge on any atom is -0.379 e. The van der Waals surface area contributed by atoms with Gasteiger partial charge in [-0.3, -0.25) is 4.79 Å². The topological polar surface area (TPSA) is 38.3 Å². The predicted octanol–water partition coefficient (Wildman–Crippen LogP) is 1.96. The second-order valence-electron chi connectivity index (χ2n) is 3.05. The van der Waals surface area contributed by atoms with Gasteiger partial charge in [-0.1, -0.05) is 20.3 Å². The van der Waals surface area contributed by atoms with Crippen molar-refractivity contribution in [3.63, 3.8) is 0 Å². The van der Waals surface area contributed by atoms with Gasteiger partial charge in [0.2, 0.25) is 6.41 Å². The summed E-state index contributed by atoms with van der Waals surface area (Å²) in [6.07, 6.45) is 3.13. The van der Waals surface area contributed by atoms with Crippen LogP contribution in [0.4, 0.5) is 0 Å². The Balaban J connectivity index is 0. The number of ether oxygens (including phenoxy) is 1. The van der Waals surface area contributed by atoms with Crippen LogP contribution in [0.5, 0.6) is 0 Å².